The molecule has 0 aliphatic carbocycles. The van der Waals surface area contributed by atoms with E-state index in [1.54, 1.807) is 14.2 Å². The fourth-order valence-corrected chi connectivity index (χ4v) is 8.26. The molecule has 0 unspecified atom stereocenters. The molecule has 62 heavy (non-hydrogen) atoms. The molecule has 0 fully saturated rings. The van der Waals surface area contributed by atoms with Crippen LogP contribution in [0.15, 0.2) is 206 Å². The summed E-state index contributed by atoms with van der Waals surface area (Å²) in [4.78, 5) is 0. The second-order valence-electron chi connectivity index (χ2n) is 15.2. The highest BCUT2D eigenvalue weighted by atomic mass is 16.5. The standard InChI is InChI=1S/C60H46O2/c1-61-51-35-31-43(49(39-51)41-59(45-19-7-3-8-20-45)46-21-9-4-10-22-46)33-37-57-53-27-15-17-29-55(53)58(56-30-18-16-28-54(56)57)38-34-44-32-36-52(62-2)40-50(44)42-60(47-23-11-5-12-24-47)48-25-13-6-14-26-48/h3-42H,1-2H3. The van der Waals surface area contributed by atoms with Crippen molar-refractivity contribution < 1.29 is 9.47 Å². The zero-order chi connectivity index (χ0) is 42.1. The molecular weight excluding hydrogens is 753 g/mol. The summed E-state index contributed by atoms with van der Waals surface area (Å²) in [5, 5.41) is 4.75. The van der Waals surface area contributed by atoms with E-state index in [1.807, 2.05) is 12.1 Å². The summed E-state index contributed by atoms with van der Waals surface area (Å²) in [7, 11) is 3.45. The molecule has 0 amide bonds. The Balaban J connectivity index is 1.16. The zero-order valence-corrected chi connectivity index (χ0v) is 34.9. The Labute approximate surface area is 364 Å². The first kappa shape index (κ1) is 39.5. The van der Waals surface area contributed by atoms with Crippen molar-refractivity contribution in [3.8, 4) is 11.5 Å². The molecule has 0 atom stereocenters. The van der Waals surface area contributed by atoms with Gasteiger partial charge in [-0.2, -0.15) is 0 Å². The van der Waals surface area contributed by atoms with Crippen LogP contribution in [0.5, 0.6) is 11.5 Å². The molecule has 298 valence electrons. The summed E-state index contributed by atoms with van der Waals surface area (Å²) < 4.78 is 11.5. The van der Waals surface area contributed by atoms with Gasteiger partial charge in [0.05, 0.1) is 14.2 Å². The number of fused-ring (bicyclic) bond motifs is 2. The summed E-state index contributed by atoms with van der Waals surface area (Å²) >= 11 is 0. The highest BCUT2D eigenvalue weighted by molar-refractivity contribution is 6.14. The molecule has 0 spiro atoms. The predicted octanol–water partition coefficient (Wildman–Crippen LogP) is 15.5. The van der Waals surface area contributed by atoms with Gasteiger partial charge in [-0.05, 0) is 125 Å². The summed E-state index contributed by atoms with van der Waals surface area (Å²) in [5.41, 5.74) is 13.6. The highest BCUT2D eigenvalue weighted by Crippen LogP contribution is 2.37. The van der Waals surface area contributed by atoms with E-state index in [1.165, 1.54) is 32.7 Å². The van der Waals surface area contributed by atoms with Crippen LogP contribution in [0.4, 0.5) is 0 Å². The van der Waals surface area contributed by atoms with E-state index in [9.17, 15) is 0 Å². The SMILES string of the molecule is COc1ccc(C=Cc2c3ccccc3c(C=Cc3ccc(OC)cc3C=C(c3ccccc3)c3ccccc3)c3ccccc23)c(C=C(c2ccccc2)c2ccccc2)c1. The van der Waals surface area contributed by atoms with E-state index >= 15 is 0 Å². The number of hydrogen-bond acceptors (Lipinski definition) is 2. The van der Waals surface area contributed by atoms with Crippen LogP contribution in [-0.2, 0) is 0 Å². The van der Waals surface area contributed by atoms with Gasteiger partial charge in [0, 0.05) is 0 Å². The maximum Gasteiger partial charge on any atom is 0.119 e. The van der Waals surface area contributed by atoms with Gasteiger partial charge >= 0.3 is 0 Å². The Morgan fingerprint density at radius 2 is 0.597 bits per heavy atom. The van der Waals surface area contributed by atoms with E-state index in [0.29, 0.717) is 0 Å². The molecule has 0 aliphatic rings. The van der Waals surface area contributed by atoms with E-state index in [0.717, 1.165) is 67.2 Å². The molecule has 0 heterocycles. The second-order valence-corrected chi connectivity index (χ2v) is 15.2. The number of benzene rings is 9. The molecule has 2 nitrogen and oxygen atoms in total. The monoisotopic (exact) mass is 798 g/mol. The topological polar surface area (TPSA) is 18.5 Å². The minimum atomic E-state index is 0.813. The maximum atomic E-state index is 5.76. The largest absolute Gasteiger partial charge is 0.497 e. The average Bonchev–Trinajstić information content (AvgIpc) is 3.35. The molecule has 0 aromatic heterocycles. The third kappa shape index (κ3) is 8.54. The van der Waals surface area contributed by atoms with Crippen molar-refractivity contribution in [2.75, 3.05) is 14.2 Å². The molecule has 9 rings (SSSR count). The Hall–Kier alpha value is -7.94. The van der Waals surface area contributed by atoms with Gasteiger partial charge in [-0.25, -0.2) is 0 Å². The Bertz CT molecular complexity index is 2750. The normalized spacial score (nSPS) is 11.3. The van der Waals surface area contributed by atoms with Gasteiger partial charge in [-0.15, -0.1) is 0 Å². The van der Waals surface area contributed by atoms with Crippen LogP contribution < -0.4 is 9.47 Å². The van der Waals surface area contributed by atoms with E-state index in [-0.39, 0.29) is 0 Å². The quantitative estimate of drug-likeness (QED) is 0.0905. The van der Waals surface area contributed by atoms with Crippen molar-refractivity contribution in [1.82, 2.24) is 0 Å². The molecule has 2 heteroatoms. The van der Waals surface area contributed by atoms with Crippen LogP contribution >= 0.6 is 0 Å². The number of rotatable bonds is 12. The summed E-state index contributed by atoms with van der Waals surface area (Å²) in [6.07, 6.45) is 13.6. The lowest BCUT2D eigenvalue weighted by molar-refractivity contribution is 0.414. The molecule has 0 bridgehead atoms. The second kappa shape index (κ2) is 18.5. The highest BCUT2D eigenvalue weighted by Gasteiger charge is 2.13. The molecule has 0 radical (unpaired) electrons. The van der Waals surface area contributed by atoms with Crippen LogP contribution in [0.1, 0.15) is 55.6 Å². The van der Waals surface area contributed by atoms with Crippen LogP contribution in [0.2, 0.25) is 0 Å². The molecule has 9 aromatic carbocycles. The Morgan fingerprint density at radius 3 is 0.887 bits per heavy atom. The molecule has 9 aromatic rings. The van der Waals surface area contributed by atoms with Crippen molar-refractivity contribution in [2.24, 2.45) is 0 Å². The van der Waals surface area contributed by atoms with Gasteiger partial charge < -0.3 is 9.47 Å². The molecular formula is C60H46O2. The smallest absolute Gasteiger partial charge is 0.119 e. The lowest BCUT2D eigenvalue weighted by Gasteiger charge is -2.14. The molecule has 0 aliphatic heterocycles. The predicted molar refractivity (Wildman–Crippen MR) is 265 cm³/mol. The van der Waals surface area contributed by atoms with E-state index in [2.05, 4.69) is 231 Å². The van der Waals surface area contributed by atoms with Crippen molar-refractivity contribution >= 4 is 69.1 Å². The Kier molecular flexibility index (Phi) is 11.8. The molecule has 0 N–H and O–H groups in total. The fourth-order valence-electron chi connectivity index (χ4n) is 8.26. The minimum Gasteiger partial charge on any atom is -0.497 e. The first-order valence-corrected chi connectivity index (χ1v) is 21.0. The summed E-state index contributed by atoms with van der Waals surface area (Å²) in [6, 6.07) is 72.5. The van der Waals surface area contributed by atoms with Crippen LogP contribution in [-0.4, -0.2) is 14.2 Å². The summed E-state index contributed by atoms with van der Waals surface area (Å²) in [6.45, 7) is 0. The molecule has 0 saturated carbocycles. The van der Waals surface area contributed by atoms with Gasteiger partial charge in [0.1, 0.15) is 11.5 Å². The minimum absolute atomic E-state index is 0.813. The first-order valence-electron chi connectivity index (χ1n) is 21.0. The summed E-state index contributed by atoms with van der Waals surface area (Å²) in [5.74, 6) is 1.63. The van der Waals surface area contributed by atoms with Crippen molar-refractivity contribution in [2.45, 2.75) is 0 Å². The van der Waals surface area contributed by atoms with Gasteiger partial charge in [-0.3, -0.25) is 0 Å². The van der Waals surface area contributed by atoms with Gasteiger partial charge in [0.15, 0.2) is 0 Å². The Morgan fingerprint density at radius 1 is 0.306 bits per heavy atom. The fraction of sp³-hybridized carbons (Fsp3) is 0.0333. The van der Waals surface area contributed by atoms with Crippen LogP contribution in [0, 0.1) is 0 Å². The average molecular weight is 799 g/mol. The van der Waals surface area contributed by atoms with Crippen LogP contribution in [0.25, 0.3) is 69.1 Å². The lowest BCUT2D eigenvalue weighted by atomic mass is 9.90. The zero-order valence-electron chi connectivity index (χ0n) is 34.9. The third-order valence-corrected chi connectivity index (χ3v) is 11.4. The van der Waals surface area contributed by atoms with Crippen molar-refractivity contribution in [3.05, 3.63) is 262 Å². The van der Waals surface area contributed by atoms with Crippen molar-refractivity contribution in [3.63, 3.8) is 0 Å². The van der Waals surface area contributed by atoms with E-state index < -0.39 is 0 Å². The third-order valence-electron chi connectivity index (χ3n) is 11.4. The van der Waals surface area contributed by atoms with Crippen molar-refractivity contribution in [1.29, 1.82) is 0 Å². The van der Waals surface area contributed by atoms with Gasteiger partial charge in [0.2, 0.25) is 0 Å². The van der Waals surface area contributed by atoms with Crippen LogP contribution in [0.3, 0.4) is 0 Å². The van der Waals surface area contributed by atoms with Gasteiger partial charge in [0.25, 0.3) is 0 Å². The number of ether oxygens (including phenoxy) is 2. The molecule has 0 saturated heterocycles. The number of hydrogen-bond donors (Lipinski definition) is 0. The lowest BCUT2D eigenvalue weighted by Crippen LogP contribution is -1.92. The van der Waals surface area contributed by atoms with E-state index in [4.69, 9.17) is 9.47 Å². The first-order chi connectivity index (χ1) is 30.7. The van der Waals surface area contributed by atoms with Gasteiger partial charge in [-0.1, -0.05) is 206 Å². The number of methoxy groups -OCH3 is 2. The maximum absolute atomic E-state index is 5.76.